The largest absolute Gasteiger partial charge is 0.405 e. The summed E-state index contributed by atoms with van der Waals surface area (Å²) in [6.07, 6.45) is -4.37. The van der Waals surface area contributed by atoms with E-state index in [1.165, 1.54) is 0 Å². The number of alkyl halides is 3. The third kappa shape index (κ3) is 4.37. The van der Waals surface area contributed by atoms with Crippen molar-refractivity contribution in [2.75, 3.05) is 26.3 Å². The number of carbonyl (C=O) groups excluding carboxylic acids is 1. The molecule has 1 heterocycles. The summed E-state index contributed by atoms with van der Waals surface area (Å²) in [6.45, 7) is 1.93. The number of carbonyl (C=O) groups is 1. The van der Waals surface area contributed by atoms with Crippen molar-refractivity contribution in [1.29, 1.82) is 0 Å². The Hall–Kier alpha value is -0.980. The van der Waals surface area contributed by atoms with E-state index in [2.05, 4.69) is 5.32 Å². The molecule has 0 radical (unpaired) electrons. The van der Waals surface area contributed by atoms with Gasteiger partial charge in [0, 0.05) is 12.0 Å². The summed E-state index contributed by atoms with van der Waals surface area (Å²) in [4.78, 5) is 10.9. The second-order valence-electron chi connectivity index (χ2n) is 3.95. The maximum atomic E-state index is 11.7. The Morgan fingerprint density at radius 1 is 1.40 bits per heavy atom. The second-order valence-corrected chi connectivity index (χ2v) is 3.95. The van der Waals surface area contributed by atoms with Crippen molar-refractivity contribution < 1.29 is 22.7 Å². The summed E-state index contributed by atoms with van der Waals surface area (Å²) < 4.78 is 40.0. The lowest BCUT2D eigenvalue weighted by molar-refractivity contribution is -0.123. The highest BCUT2D eigenvalue weighted by Crippen LogP contribution is 2.24. The van der Waals surface area contributed by atoms with Crippen molar-refractivity contribution in [1.82, 2.24) is 10.6 Å². The van der Waals surface area contributed by atoms with E-state index in [4.69, 9.17) is 4.74 Å². The summed E-state index contributed by atoms with van der Waals surface area (Å²) >= 11 is 0. The highest BCUT2D eigenvalue weighted by molar-refractivity contribution is 5.73. The zero-order valence-corrected chi connectivity index (χ0v) is 8.28. The average Bonchev–Trinajstić information content (AvgIpc) is 2.07. The first-order valence-electron chi connectivity index (χ1n) is 4.47. The first kappa shape index (κ1) is 12.1. The molecule has 0 bridgehead atoms. The molecule has 88 valence electrons. The standard InChI is InChI=1S/C8H13F3N2O2/c1-7(4-15-5-7)2-12-6(14)13-3-8(9,10)11/h2-5H2,1H3,(H2,12,13,14). The van der Waals surface area contributed by atoms with Gasteiger partial charge in [0.2, 0.25) is 0 Å². The van der Waals surface area contributed by atoms with Crippen LogP contribution in [0.25, 0.3) is 0 Å². The lowest BCUT2D eigenvalue weighted by atomic mass is 9.89. The predicted molar refractivity (Wildman–Crippen MR) is 46.4 cm³/mol. The first-order valence-corrected chi connectivity index (χ1v) is 4.47. The molecular formula is C8H13F3N2O2. The fourth-order valence-electron chi connectivity index (χ4n) is 1.09. The Morgan fingerprint density at radius 2 is 2.00 bits per heavy atom. The van der Waals surface area contributed by atoms with Gasteiger partial charge < -0.3 is 15.4 Å². The maximum absolute atomic E-state index is 11.7. The van der Waals surface area contributed by atoms with Crippen molar-refractivity contribution in [2.24, 2.45) is 5.41 Å². The van der Waals surface area contributed by atoms with E-state index >= 15 is 0 Å². The van der Waals surface area contributed by atoms with E-state index in [1.54, 1.807) is 5.32 Å². The van der Waals surface area contributed by atoms with Gasteiger partial charge in [-0.2, -0.15) is 13.2 Å². The van der Waals surface area contributed by atoms with Crippen LogP contribution >= 0.6 is 0 Å². The van der Waals surface area contributed by atoms with Crippen molar-refractivity contribution in [3.05, 3.63) is 0 Å². The maximum Gasteiger partial charge on any atom is 0.405 e. The zero-order chi connectivity index (χ0) is 11.5. The molecule has 0 unspecified atom stereocenters. The second kappa shape index (κ2) is 4.26. The molecule has 0 atom stereocenters. The molecule has 7 heteroatoms. The van der Waals surface area contributed by atoms with Crippen molar-refractivity contribution >= 4 is 6.03 Å². The number of halogens is 3. The van der Waals surface area contributed by atoms with Gasteiger partial charge in [-0.1, -0.05) is 6.92 Å². The van der Waals surface area contributed by atoms with Crippen LogP contribution in [0, 0.1) is 5.41 Å². The quantitative estimate of drug-likeness (QED) is 0.750. The Bertz CT molecular complexity index is 239. The number of urea groups is 1. The minimum absolute atomic E-state index is 0.143. The summed E-state index contributed by atoms with van der Waals surface area (Å²) in [5, 5.41) is 4.10. The number of hydrogen-bond donors (Lipinski definition) is 2. The molecular weight excluding hydrogens is 213 g/mol. The number of nitrogens with one attached hydrogen (secondary N) is 2. The van der Waals surface area contributed by atoms with Gasteiger partial charge in [0.05, 0.1) is 13.2 Å². The van der Waals surface area contributed by atoms with Gasteiger partial charge >= 0.3 is 12.2 Å². The van der Waals surface area contributed by atoms with Crippen LogP contribution in [-0.4, -0.2) is 38.5 Å². The van der Waals surface area contributed by atoms with Crippen LogP contribution in [0.2, 0.25) is 0 Å². The summed E-state index contributed by atoms with van der Waals surface area (Å²) in [5.41, 5.74) is -0.143. The first-order chi connectivity index (χ1) is 6.81. The summed E-state index contributed by atoms with van der Waals surface area (Å²) in [7, 11) is 0. The van der Waals surface area contributed by atoms with Gasteiger partial charge in [-0.05, 0) is 0 Å². The van der Waals surface area contributed by atoms with E-state index in [1.807, 2.05) is 6.92 Å². The molecule has 0 aliphatic carbocycles. The van der Waals surface area contributed by atoms with Crippen LogP contribution in [-0.2, 0) is 4.74 Å². The minimum atomic E-state index is -4.37. The highest BCUT2D eigenvalue weighted by Gasteiger charge is 2.34. The molecule has 0 spiro atoms. The number of rotatable bonds is 3. The van der Waals surface area contributed by atoms with Crippen LogP contribution < -0.4 is 10.6 Å². The van der Waals surface area contributed by atoms with Crippen LogP contribution in [0.4, 0.5) is 18.0 Å². The van der Waals surface area contributed by atoms with Gasteiger partial charge in [-0.25, -0.2) is 4.79 Å². The lowest BCUT2D eigenvalue weighted by Gasteiger charge is -2.37. The fraction of sp³-hybridized carbons (Fsp3) is 0.875. The van der Waals surface area contributed by atoms with E-state index in [0.29, 0.717) is 19.8 Å². The van der Waals surface area contributed by atoms with Crippen LogP contribution in [0.1, 0.15) is 6.92 Å². The molecule has 0 aromatic carbocycles. The smallest absolute Gasteiger partial charge is 0.380 e. The third-order valence-electron chi connectivity index (χ3n) is 2.03. The molecule has 0 saturated carbocycles. The van der Waals surface area contributed by atoms with Gasteiger partial charge in [-0.15, -0.1) is 0 Å². The monoisotopic (exact) mass is 226 g/mol. The van der Waals surface area contributed by atoms with Crippen LogP contribution in [0.3, 0.4) is 0 Å². The van der Waals surface area contributed by atoms with E-state index < -0.39 is 18.8 Å². The molecule has 2 N–H and O–H groups in total. The van der Waals surface area contributed by atoms with Crippen LogP contribution in [0.5, 0.6) is 0 Å². The SMILES string of the molecule is CC1(CNC(=O)NCC(F)(F)F)COC1. The molecule has 1 saturated heterocycles. The minimum Gasteiger partial charge on any atom is -0.380 e. The molecule has 1 fully saturated rings. The van der Waals surface area contributed by atoms with Gasteiger partial charge in [0.25, 0.3) is 0 Å². The number of ether oxygens (including phenoxy) is 1. The molecule has 0 aromatic heterocycles. The number of hydrogen-bond acceptors (Lipinski definition) is 2. The fourth-order valence-corrected chi connectivity index (χ4v) is 1.09. The average molecular weight is 226 g/mol. The van der Waals surface area contributed by atoms with Crippen molar-refractivity contribution in [2.45, 2.75) is 13.1 Å². The molecule has 2 amide bonds. The summed E-state index contributed by atoms with van der Waals surface area (Å²) in [5.74, 6) is 0. The molecule has 0 aromatic rings. The Labute approximate surface area is 85.2 Å². The van der Waals surface area contributed by atoms with E-state index in [0.717, 1.165) is 0 Å². The topological polar surface area (TPSA) is 50.4 Å². The van der Waals surface area contributed by atoms with E-state index in [-0.39, 0.29) is 5.41 Å². The lowest BCUT2D eigenvalue weighted by Crippen LogP contribution is -2.51. The highest BCUT2D eigenvalue weighted by atomic mass is 19.4. The summed E-state index contributed by atoms with van der Waals surface area (Å²) in [6, 6.07) is -0.805. The van der Waals surface area contributed by atoms with Crippen molar-refractivity contribution in [3.8, 4) is 0 Å². The van der Waals surface area contributed by atoms with Crippen molar-refractivity contribution in [3.63, 3.8) is 0 Å². The molecule has 1 aliphatic heterocycles. The Balaban J connectivity index is 2.14. The molecule has 1 rings (SSSR count). The number of amides is 2. The molecule has 4 nitrogen and oxygen atoms in total. The van der Waals surface area contributed by atoms with Crippen LogP contribution in [0.15, 0.2) is 0 Å². The Kier molecular flexibility index (Phi) is 3.43. The third-order valence-corrected chi connectivity index (χ3v) is 2.03. The van der Waals surface area contributed by atoms with Gasteiger partial charge in [-0.3, -0.25) is 0 Å². The predicted octanol–water partition coefficient (Wildman–Crippen LogP) is 0.884. The zero-order valence-electron chi connectivity index (χ0n) is 8.28. The normalized spacial score (nSPS) is 19.2. The molecule has 15 heavy (non-hydrogen) atoms. The van der Waals surface area contributed by atoms with Gasteiger partial charge in [0.1, 0.15) is 6.54 Å². The molecule has 1 aliphatic rings. The Morgan fingerprint density at radius 3 is 2.40 bits per heavy atom. The van der Waals surface area contributed by atoms with Gasteiger partial charge in [0.15, 0.2) is 0 Å². The van der Waals surface area contributed by atoms with E-state index in [9.17, 15) is 18.0 Å².